The number of benzene rings is 1. The summed E-state index contributed by atoms with van der Waals surface area (Å²) in [5.74, 6) is 0.314. The number of hydrogen-bond donors (Lipinski definition) is 0. The zero-order valence-electron chi connectivity index (χ0n) is 11.2. The van der Waals surface area contributed by atoms with Gasteiger partial charge < -0.3 is 9.47 Å². The fraction of sp³-hybridized carbons (Fsp3) is 0.200. The van der Waals surface area contributed by atoms with Gasteiger partial charge in [0.05, 0.1) is 30.5 Å². The first-order valence-electron chi connectivity index (χ1n) is 5.99. The molecule has 0 radical (unpaired) electrons. The number of aromatic nitrogens is 1. The number of hydrogen-bond acceptors (Lipinski definition) is 4. The Kier molecular flexibility index (Phi) is 4.58. The first-order valence-corrected chi connectivity index (χ1v) is 6.37. The second kappa shape index (κ2) is 6.39. The molecule has 1 heterocycles. The van der Waals surface area contributed by atoms with E-state index in [4.69, 9.17) is 21.1 Å². The number of nitrogens with zero attached hydrogens (tertiary/aromatic N) is 1. The second-order valence-corrected chi connectivity index (χ2v) is 4.60. The van der Waals surface area contributed by atoms with Gasteiger partial charge in [-0.15, -0.1) is 0 Å². The van der Waals surface area contributed by atoms with E-state index in [2.05, 4.69) is 4.98 Å². The molecule has 2 rings (SSSR count). The van der Waals surface area contributed by atoms with E-state index < -0.39 is 5.97 Å². The molecule has 0 saturated heterocycles. The summed E-state index contributed by atoms with van der Waals surface area (Å²) in [7, 11) is 2.94. The molecule has 2 aromatic rings. The Balaban J connectivity index is 2.35. The fourth-order valence-electron chi connectivity index (χ4n) is 1.87. The molecule has 0 aliphatic rings. The lowest BCUT2D eigenvalue weighted by molar-refractivity contribution is 0.0599. The van der Waals surface area contributed by atoms with Crippen LogP contribution in [0.15, 0.2) is 36.5 Å². The highest BCUT2D eigenvalue weighted by atomic mass is 35.5. The molecule has 0 unspecified atom stereocenters. The van der Waals surface area contributed by atoms with Crippen molar-refractivity contribution in [1.82, 2.24) is 4.98 Å². The van der Waals surface area contributed by atoms with E-state index in [1.54, 1.807) is 13.2 Å². The van der Waals surface area contributed by atoms with Gasteiger partial charge in [0.2, 0.25) is 0 Å². The third-order valence-electron chi connectivity index (χ3n) is 2.85. The van der Waals surface area contributed by atoms with Gasteiger partial charge in [-0.3, -0.25) is 4.98 Å². The lowest BCUT2D eigenvalue weighted by Gasteiger charge is -2.08. The first-order chi connectivity index (χ1) is 9.63. The van der Waals surface area contributed by atoms with Gasteiger partial charge in [0.25, 0.3) is 0 Å². The van der Waals surface area contributed by atoms with Crippen LogP contribution >= 0.6 is 11.6 Å². The summed E-state index contributed by atoms with van der Waals surface area (Å²) in [6.45, 7) is 0. The van der Waals surface area contributed by atoms with Crippen LogP contribution in [0, 0.1) is 0 Å². The molecule has 0 atom stereocenters. The first kappa shape index (κ1) is 14.3. The van der Waals surface area contributed by atoms with Crippen LogP contribution in [0.2, 0.25) is 5.02 Å². The smallest absolute Gasteiger partial charge is 0.339 e. The molecule has 1 aromatic carbocycles. The molecule has 0 bridgehead atoms. The topological polar surface area (TPSA) is 48.4 Å². The Morgan fingerprint density at radius 2 is 2.10 bits per heavy atom. The van der Waals surface area contributed by atoms with Gasteiger partial charge in [0.15, 0.2) is 0 Å². The zero-order chi connectivity index (χ0) is 14.5. The molecule has 0 saturated carbocycles. The van der Waals surface area contributed by atoms with Gasteiger partial charge in [0.1, 0.15) is 5.75 Å². The van der Waals surface area contributed by atoms with Gasteiger partial charge >= 0.3 is 5.97 Å². The summed E-state index contributed by atoms with van der Waals surface area (Å²) < 4.78 is 9.93. The molecule has 4 nitrogen and oxygen atoms in total. The van der Waals surface area contributed by atoms with Crippen LogP contribution in [0.1, 0.15) is 21.6 Å². The van der Waals surface area contributed by atoms with Crippen molar-refractivity contribution in [2.24, 2.45) is 0 Å². The summed E-state index contributed by atoms with van der Waals surface area (Å²) in [5, 5.41) is 0.403. The summed E-state index contributed by atoms with van der Waals surface area (Å²) >= 11 is 5.88. The van der Waals surface area contributed by atoms with Crippen molar-refractivity contribution in [2.75, 3.05) is 14.2 Å². The Hall–Kier alpha value is -2.07. The van der Waals surface area contributed by atoms with Crippen molar-refractivity contribution in [3.05, 3.63) is 58.4 Å². The predicted octanol–water partition coefficient (Wildman–Crippen LogP) is 3.12. The molecular formula is C15H14ClNO3. The summed E-state index contributed by atoms with van der Waals surface area (Å²) in [5.41, 5.74) is 1.99. The number of ether oxygens (including phenoxy) is 2. The average Bonchev–Trinajstić information content (AvgIpc) is 2.48. The molecule has 0 aliphatic heterocycles. The molecule has 0 amide bonds. The van der Waals surface area contributed by atoms with E-state index in [1.807, 2.05) is 24.3 Å². The van der Waals surface area contributed by atoms with Crippen molar-refractivity contribution in [2.45, 2.75) is 6.42 Å². The SMILES string of the molecule is COC(=O)c1cc(Cl)cnc1Cc1cccc(OC)c1. The number of pyridine rings is 1. The molecular weight excluding hydrogens is 278 g/mol. The average molecular weight is 292 g/mol. The third kappa shape index (κ3) is 3.27. The Morgan fingerprint density at radius 1 is 1.30 bits per heavy atom. The number of carbonyl (C=O) groups is 1. The maximum atomic E-state index is 11.8. The van der Waals surface area contributed by atoms with E-state index in [0.29, 0.717) is 22.7 Å². The van der Waals surface area contributed by atoms with E-state index in [9.17, 15) is 4.79 Å². The molecule has 20 heavy (non-hydrogen) atoms. The minimum atomic E-state index is -0.446. The van der Waals surface area contributed by atoms with Crippen molar-refractivity contribution < 1.29 is 14.3 Å². The van der Waals surface area contributed by atoms with Gasteiger partial charge in [-0.05, 0) is 23.8 Å². The molecule has 0 N–H and O–H groups in total. The van der Waals surface area contributed by atoms with E-state index in [1.165, 1.54) is 13.3 Å². The normalized spacial score (nSPS) is 10.2. The van der Waals surface area contributed by atoms with E-state index in [-0.39, 0.29) is 0 Å². The fourth-order valence-corrected chi connectivity index (χ4v) is 2.03. The van der Waals surface area contributed by atoms with Crippen LogP contribution in [0.25, 0.3) is 0 Å². The maximum Gasteiger partial charge on any atom is 0.339 e. The summed E-state index contributed by atoms with van der Waals surface area (Å²) in [4.78, 5) is 16.0. The quantitative estimate of drug-likeness (QED) is 0.812. The third-order valence-corrected chi connectivity index (χ3v) is 3.05. The van der Waals surface area contributed by atoms with Crippen LogP contribution in [-0.2, 0) is 11.2 Å². The van der Waals surface area contributed by atoms with Crippen LogP contribution in [0.4, 0.5) is 0 Å². The van der Waals surface area contributed by atoms with Crippen molar-refractivity contribution >= 4 is 17.6 Å². The van der Waals surface area contributed by atoms with Crippen molar-refractivity contribution in [1.29, 1.82) is 0 Å². The monoisotopic (exact) mass is 291 g/mol. The number of esters is 1. The summed E-state index contributed by atoms with van der Waals surface area (Å²) in [6.07, 6.45) is 2.02. The highest BCUT2D eigenvalue weighted by Crippen LogP contribution is 2.20. The highest BCUT2D eigenvalue weighted by Gasteiger charge is 2.14. The number of carbonyl (C=O) groups excluding carboxylic acids is 1. The van der Waals surface area contributed by atoms with Gasteiger partial charge in [0, 0.05) is 12.6 Å². The Bertz CT molecular complexity index is 628. The standard InChI is InChI=1S/C15H14ClNO3/c1-19-12-5-3-4-10(6-12)7-14-13(15(18)20-2)8-11(16)9-17-14/h3-6,8-9H,7H2,1-2H3. The minimum absolute atomic E-state index is 0.378. The zero-order valence-corrected chi connectivity index (χ0v) is 12.0. The Morgan fingerprint density at radius 3 is 2.80 bits per heavy atom. The largest absolute Gasteiger partial charge is 0.497 e. The molecule has 0 aliphatic carbocycles. The Labute approximate surface area is 122 Å². The molecule has 5 heteroatoms. The van der Waals surface area contributed by atoms with Gasteiger partial charge in [-0.2, -0.15) is 0 Å². The number of rotatable bonds is 4. The molecule has 1 aromatic heterocycles. The number of halogens is 1. The van der Waals surface area contributed by atoms with Gasteiger partial charge in [-0.25, -0.2) is 4.79 Å². The van der Waals surface area contributed by atoms with Crippen LogP contribution in [0.5, 0.6) is 5.75 Å². The van der Waals surface area contributed by atoms with Crippen molar-refractivity contribution in [3.8, 4) is 5.75 Å². The van der Waals surface area contributed by atoms with E-state index >= 15 is 0 Å². The maximum absolute atomic E-state index is 11.8. The number of methoxy groups -OCH3 is 2. The second-order valence-electron chi connectivity index (χ2n) is 4.17. The molecule has 0 spiro atoms. The molecule has 104 valence electrons. The minimum Gasteiger partial charge on any atom is -0.497 e. The van der Waals surface area contributed by atoms with Crippen LogP contribution in [0.3, 0.4) is 0 Å². The van der Waals surface area contributed by atoms with Crippen LogP contribution in [-0.4, -0.2) is 25.2 Å². The summed E-state index contributed by atoms with van der Waals surface area (Å²) in [6, 6.07) is 9.16. The van der Waals surface area contributed by atoms with Crippen LogP contribution < -0.4 is 4.74 Å². The molecule has 0 fully saturated rings. The lowest BCUT2D eigenvalue weighted by Crippen LogP contribution is -2.08. The van der Waals surface area contributed by atoms with Crippen molar-refractivity contribution in [3.63, 3.8) is 0 Å². The predicted molar refractivity (Wildman–Crippen MR) is 76.4 cm³/mol. The van der Waals surface area contributed by atoms with E-state index in [0.717, 1.165) is 11.3 Å². The lowest BCUT2D eigenvalue weighted by atomic mass is 10.0. The van der Waals surface area contributed by atoms with Gasteiger partial charge in [-0.1, -0.05) is 23.7 Å². The highest BCUT2D eigenvalue weighted by molar-refractivity contribution is 6.30.